The van der Waals surface area contributed by atoms with E-state index in [9.17, 15) is 0 Å². The van der Waals surface area contributed by atoms with Gasteiger partial charge in [-0.2, -0.15) is 0 Å². The summed E-state index contributed by atoms with van der Waals surface area (Å²) in [5.41, 5.74) is 3.05. The Bertz CT molecular complexity index is 372. The van der Waals surface area contributed by atoms with Gasteiger partial charge >= 0.3 is 0 Å². The van der Waals surface area contributed by atoms with E-state index in [2.05, 4.69) is 50.5 Å². The average molecular weight is 245 g/mol. The third-order valence-electron chi connectivity index (χ3n) is 4.51. The Labute approximate surface area is 112 Å². The van der Waals surface area contributed by atoms with Crippen LogP contribution in [-0.4, -0.2) is 13.6 Å². The molecule has 0 aromatic heterocycles. The molecule has 3 atom stereocenters. The van der Waals surface area contributed by atoms with E-state index in [-0.39, 0.29) is 0 Å². The van der Waals surface area contributed by atoms with Crippen LogP contribution in [-0.2, 0) is 6.42 Å². The van der Waals surface area contributed by atoms with E-state index in [4.69, 9.17) is 0 Å². The zero-order valence-electron chi connectivity index (χ0n) is 12.1. The van der Waals surface area contributed by atoms with Crippen LogP contribution in [0.4, 0.5) is 0 Å². The van der Waals surface area contributed by atoms with Gasteiger partial charge in [-0.1, -0.05) is 44.5 Å². The van der Waals surface area contributed by atoms with Crippen molar-refractivity contribution in [2.45, 2.75) is 45.4 Å². The highest BCUT2D eigenvalue weighted by Crippen LogP contribution is 2.40. The number of nitrogens with one attached hydrogen (secondary N) is 1. The van der Waals surface area contributed by atoms with E-state index in [0.717, 1.165) is 30.7 Å². The van der Waals surface area contributed by atoms with Gasteiger partial charge in [-0.05, 0) is 61.7 Å². The largest absolute Gasteiger partial charge is 0.319 e. The highest BCUT2D eigenvalue weighted by Gasteiger charge is 2.29. The molecule has 1 aliphatic carbocycles. The fourth-order valence-corrected chi connectivity index (χ4v) is 3.40. The van der Waals surface area contributed by atoms with Crippen LogP contribution in [0.3, 0.4) is 0 Å². The first-order valence-electron chi connectivity index (χ1n) is 7.48. The molecule has 1 aliphatic rings. The summed E-state index contributed by atoms with van der Waals surface area (Å²) in [6.07, 6.45) is 5.28. The van der Waals surface area contributed by atoms with Crippen LogP contribution in [0.25, 0.3) is 0 Å². The lowest BCUT2D eigenvalue weighted by Gasteiger charge is -2.35. The van der Waals surface area contributed by atoms with Crippen molar-refractivity contribution in [3.05, 3.63) is 35.4 Å². The van der Waals surface area contributed by atoms with Gasteiger partial charge in [0.15, 0.2) is 0 Å². The molecule has 1 aromatic rings. The van der Waals surface area contributed by atoms with Crippen molar-refractivity contribution in [1.82, 2.24) is 5.32 Å². The first kappa shape index (κ1) is 13.6. The minimum Gasteiger partial charge on any atom is -0.319 e. The highest BCUT2D eigenvalue weighted by atomic mass is 14.8. The standard InChI is InChI=1S/C17H27N/c1-4-14-6-5-7-15(11-14)17-10-13(2)8-9-16(17)12-18-3/h5-7,11,13,16-18H,4,8-10,12H2,1-3H3. The third kappa shape index (κ3) is 3.14. The quantitative estimate of drug-likeness (QED) is 0.846. The minimum atomic E-state index is 0.757. The molecule has 0 saturated heterocycles. The topological polar surface area (TPSA) is 12.0 Å². The van der Waals surface area contributed by atoms with Crippen molar-refractivity contribution in [2.24, 2.45) is 11.8 Å². The van der Waals surface area contributed by atoms with E-state index in [0.29, 0.717) is 0 Å². The average Bonchev–Trinajstić information content (AvgIpc) is 2.41. The number of hydrogen-bond acceptors (Lipinski definition) is 1. The van der Waals surface area contributed by atoms with E-state index in [1.165, 1.54) is 24.8 Å². The molecule has 0 bridgehead atoms. The lowest BCUT2D eigenvalue weighted by Crippen LogP contribution is -2.30. The summed E-state index contributed by atoms with van der Waals surface area (Å²) in [4.78, 5) is 0. The van der Waals surface area contributed by atoms with Crippen LogP contribution in [0.2, 0.25) is 0 Å². The van der Waals surface area contributed by atoms with Gasteiger partial charge in [-0.25, -0.2) is 0 Å². The summed E-state index contributed by atoms with van der Waals surface area (Å²) in [6, 6.07) is 9.27. The number of benzene rings is 1. The molecule has 1 fully saturated rings. The predicted molar refractivity (Wildman–Crippen MR) is 79.0 cm³/mol. The molecule has 18 heavy (non-hydrogen) atoms. The lowest BCUT2D eigenvalue weighted by molar-refractivity contribution is 0.245. The van der Waals surface area contributed by atoms with Crippen molar-refractivity contribution < 1.29 is 0 Å². The molecular formula is C17H27N. The summed E-state index contributed by atoms with van der Waals surface area (Å²) < 4.78 is 0. The third-order valence-corrected chi connectivity index (χ3v) is 4.51. The molecule has 1 aromatic carbocycles. The fourth-order valence-electron chi connectivity index (χ4n) is 3.40. The van der Waals surface area contributed by atoms with Gasteiger partial charge in [0.05, 0.1) is 0 Å². The Morgan fingerprint density at radius 3 is 2.83 bits per heavy atom. The molecule has 3 unspecified atom stereocenters. The molecule has 0 amide bonds. The molecule has 2 rings (SSSR count). The Hall–Kier alpha value is -0.820. The molecule has 1 nitrogen and oxygen atoms in total. The Morgan fingerprint density at radius 2 is 2.11 bits per heavy atom. The van der Waals surface area contributed by atoms with Crippen molar-refractivity contribution in [3.63, 3.8) is 0 Å². The molecular weight excluding hydrogens is 218 g/mol. The van der Waals surface area contributed by atoms with Crippen molar-refractivity contribution >= 4 is 0 Å². The summed E-state index contributed by atoms with van der Waals surface area (Å²) in [7, 11) is 2.08. The molecule has 1 heteroatoms. The molecule has 1 saturated carbocycles. The van der Waals surface area contributed by atoms with Crippen LogP contribution < -0.4 is 5.32 Å². The number of aryl methyl sites for hydroxylation is 1. The molecule has 0 radical (unpaired) electrons. The maximum Gasteiger partial charge on any atom is -0.00177 e. The lowest BCUT2D eigenvalue weighted by atomic mass is 9.71. The predicted octanol–water partition coefficient (Wildman–Crippen LogP) is 3.99. The monoisotopic (exact) mass is 245 g/mol. The summed E-state index contributed by atoms with van der Waals surface area (Å²) in [5.74, 6) is 2.46. The van der Waals surface area contributed by atoms with Gasteiger partial charge in [-0.3, -0.25) is 0 Å². The second kappa shape index (κ2) is 6.38. The highest BCUT2D eigenvalue weighted by molar-refractivity contribution is 5.27. The maximum absolute atomic E-state index is 3.38. The smallest absolute Gasteiger partial charge is 0.00177 e. The Balaban J connectivity index is 2.20. The van der Waals surface area contributed by atoms with E-state index < -0.39 is 0 Å². The van der Waals surface area contributed by atoms with Crippen LogP contribution in [0.15, 0.2) is 24.3 Å². The second-order valence-electron chi connectivity index (χ2n) is 5.94. The first-order valence-corrected chi connectivity index (χ1v) is 7.48. The zero-order valence-corrected chi connectivity index (χ0v) is 12.1. The van der Waals surface area contributed by atoms with E-state index >= 15 is 0 Å². The van der Waals surface area contributed by atoms with Gasteiger partial charge < -0.3 is 5.32 Å². The molecule has 0 aliphatic heterocycles. The van der Waals surface area contributed by atoms with E-state index in [1.807, 2.05) is 0 Å². The van der Waals surface area contributed by atoms with Gasteiger partial charge in [0.1, 0.15) is 0 Å². The Morgan fingerprint density at radius 1 is 1.28 bits per heavy atom. The van der Waals surface area contributed by atoms with Crippen LogP contribution in [0, 0.1) is 11.8 Å². The normalized spacial score (nSPS) is 28.3. The molecule has 0 heterocycles. The summed E-state index contributed by atoms with van der Waals surface area (Å²) >= 11 is 0. The minimum absolute atomic E-state index is 0.757. The van der Waals surface area contributed by atoms with Crippen molar-refractivity contribution in [3.8, 4) is 0 Å². The second-order valence-corrected chi connectivity index (χ2v) is 5.94. The first-order chi connectivity index (χ1) is 8.74. The van der Waals surface area contributed by atoms with Gasteiger partial charge in [-0.15, -0.1) is 0 Å². The van der Waals surface area contributed by atoms with Crippen LogP contribution >= 0.6 is 0 Å². The number of hydrogen-bond donors (Lipinski definition) is 1. The van der Waals surface area contributed by atoms with Gasteiger partial charge in [0.2, 0.25) is 0 Å². The van der Waals surface area contributed by atoms with Crippen LogP contribution in [0.1, 0.15) is 50.2 Å². The maximum atomic E-state index is 3.38. The molecule has 0 spiro atoms. The zero-order chi connectivity index (χ0) is 13.0. The van der Waals surface area contributed by atoms with E-state index in [1.54, 1.807) is 5.56 Å². The van der Waals surface area contributed by atoms with Crippen molar-refractivity contribution in [1.29, 1.82) is 0 Å². The van der Waals surface area contributed by atoms with Crippen LogP contribution in [0.5, 0.6) is 0 Å². The SMILES string of the molecule is CCc1cccc(C2CC(C)CCC2CNC)c1. The van der Waals surface area contributed by atoms with Gasteiger partial charge in [0.25, 0.3) is 0 Å². The Kier molecular flexibility index (Phi) is 4.82. The molecule has 1 N–H and O–H groups in total. The van der Waals surface area contributed by atoms with Gasteiger partial charge in [0, 0.05) is 0 Å². The van der Waals surface area contributed by atoms with Crippen molar-refractivity contribution in [2.75, 3.05) is 13.6 Å². The summed E-state index contributed by atoms with van der Waals surface area (Å²) in [5, 5.41) is 3.38. The number of rotatable bonds is 4. The summed E-state index contributed by atoms with van der Waals surface area (Å²) in [6.45, 7) is 5.81. The fraction of sp³-hybridized carbons (Fsp3) is 0.647. The molecule has 100 valence electrons.